The minimum Gasteiger partial charge on any atom is -0.378 e. The molecule has 0 bridgehead atoms. The van der Waals surface area contributed by atoms with Gasteiger partial charge in [0.1, 0.15) is 0 Å². The number of hydrogen-bond acceptors (Lipinski definition) is 3. The summed E-state index contributed by atoms with van der Waals surface area (Å²) in [5, 5.41) is 12.8. The molecule has 0 aromatic heterocycles. The van der Waals surface area contributed by atoms with Gasteiger partial charge < -0.3 is 10.1 Å². The molecule has 0 aromatic rings. The van der Waals surface area contributed by atoms with E-state index in [-0.39, 0.29) is 5.92 Å². The molecule has 1 N–H and O–H groups in total. The van der Waals surface area contributed by atoms with Crippen LogP contribution < -0.4 is 5.32 Å². The first-order chi connectivity index (χ1) is 8.33. The lowest BCUT2D eigenvalue weighted by Gasteiger charge is -2.32. The molecule has 1 heterocycles. The molecule has 3 nitrogen and oxygen atoms in total. The number of nitrogens with zero attached hydrogens (tertiary/aromatic N) is 1. The molecule has 2 aliphatic rings. The van der Waals surface area contributed by atoms with Crippen LogP contribution >= 0.6 is 0 Å². The van der Waals surface area contributed by atoms with Crippen LogP contribution in [0.2, 0.25) is 0 Å². The molecule has 0 spiro atoms. The zero-order valence-corrected chi connectivity index (χ0v) is 10.8. The smallest absolute Gasteiger partial charge is 0.0672 e. The Balaban J connectivity index is 1.80. The summed E-state index contributed by atoms with van der Waals surface area (Å²) in [5.41, 5.74) is 0. The van der Waals surface area contributed by atoms with Crippen LogP contribution in [0.15, 0.2) is 0 Å². The van der Waals surface area contributed by atoms with E-state index in [0.717, 1.165) is 25.9 Å². The lowest BCUT2D eigenvalue weighted by Crippen LogP contribution is -2.45. The van der Waals surface area contributed by atoms with Gasteiger partial charge in [-0.15, -0.1) is 0 Å². The van der Waals surface area contributed by atoms with Gasteiger partial charge in [0.05, 0.1) is 18.1 Å². The molecule has 96 valence electrons. The second-order valence-electron chi connectivity index (χ2n) is 5.44. The van der Waals surface area contributed by atoms with Crippen LogP contribution in [0.4, 0.5) is 0 Å². The Morgan fingerprint density at radius 2 is 2.24 bits per heavy atom. The zero-order valence-electron chi connectivity index (χ0n) is 10.8. The van der Waals surface area contributed by atoms with E-state index < -0.39 is 0 Å². The molecular weight excluding hydrogens is 212 g/mol. The zero-order chi connectivity index (χ0) is 12.1. The number of rotatable bonds is 4. The summed E-state index contributed by atoms with van der Waals surface area (Å²) in [4.78, 5) is 0. The predicted octanol–water partition coefficient (Wildman–Crippen LogP) is 2.62. The van der Waals surface area contributed by atoms with Crippen molar-refractivity contribution in [3.05, 3.63) is 0 Å². The summed E-state index contributed by atoms with van der Waals surface area (Å²) in [6.07, 6.45) is 8.50. The van der Waals surface area contributed by atoms with Gasteiger partial charge in [-0.3, -0.25) is 0 Å². The highest BCUT2D eigenvalue weighted by Crippen LogP contribution is 2.27. The van der Waals surface area contributed by atoms with Gasteiger partial charge in [0.2, 0.25) is 0 Å². The molecule has 2 rings (SSSR count). The lowest BCUT2D eigenvalue weighted by molar-refractivity contribution is -0.00536. The average molecular weight is 236 g/mol. The van der Waals surface area contributed by atoms with E-state index in [4.69, 9.17) is 10.00 Å². The minimum atomic E-state index is 0.238. The van der Waals surface area contributed by atoms with Gasteiger partial charge in [-0.05, 0) is 32.1 Å². The monoisotopic (exact) mass is 236 g/mol. The van der Waals surface area contributed by atoms with Crippen LogP contribution in [0.5, 0.6) is 0 Å². The van der Waals surface area contributed by atoms with Crippen LogP contribution in [0.1, 0.15) is 51.9 Å². The Morgan fingerprint density at radius 1 is 1.35 bits per heavy atom. The normalized spacial score (nSPS) is 37.9. The third kappa shape index (κ3) is 3.43. The van der Waals surface area contributed by atoms with Crippen molar-refractivity contribution in [3.8, 4) is 6.07 Å². The first-order valence-electron chi connectivity index (χ1n) is 7.10. The van der Waals surface area contributed by atoms with Crippen molar-refractivity contribution < 1.29 is 4.74 Å². The SMILES string of the molecule is CCCC1CC(NC2CCCC2C#N)CCO1. The molecule has 1 aliphatic heterocycles. The lowest BCUT2D eigenvalue weighted by atomic mass is 9.97. The quantitative estimate of drug-likeness (QED) is 0.816. The second-order valence-corrected chi connectivity index (χ2v) is 5.44. The highest BCUT2D eigenvalue weighted by Gasteiger charge is 2.30. The van der Waals surface area contributed by atoms with Gasteiger partial charge in [0.25, 0.3) is 0 Å². The number of nitrogens with one attached hydrogen (secondary N) is 1. The van der Waals surface area contributed by atoms with Crippen molar-refractivity contribution in [3.63, 3.8) is 0 Å². The summed E-state index contributed by atoms with van der Waals surface area (Å²) < 4.78 is 5.76. The van der Waals surface area contributed by atoms with Crippen molar-refractivity contribution in [1.82, 2.24) is 5.32 Å². The third-order valence-corrected chi connectivity index (χ3v) is 4.11. The van der Waals surface area contributed by atoms with Gasteiger partial charge >= 0.3 is 0 Å². The molecule has 1 aliphatic carbocycles. The molecule has 2 fully saturated rings. The summed E-state index contributed by atoms with van der Waals surface area (Å²) in [6, 6.07) is 3.45. The molecule has 1 saturated carbocycles. The fourth-order valence-electron chi connectivity index (χ4n) is 3.17. The van der Waals surface area contributed by atoms with Crippen LogP contribution in [0, 0.1) is 17.2 Å². The molecule has 17 heavy (non-hydrogen) atoms. The van der Waals surface area contributed by atoms with E-state index >= 15 is 0 Å². The van der Waals surface area contributed by atoms with Crippen molar-refractivity contribution in [2.24, 2.45) is 5.92 Å². The van der Waals surface area contributed by atoms with Crippen LogP contribution in [0.3, 0.4) is 0 Å². The van der Waals surface area contributed by atoms with E-state index in [2.05, 4.69) is 18.3 Å². The summed E-state index contributed by atoms with van der Waals surface area (Å²) in [7, 11) is 0. The Bertz CT molecular complexity index is 272. The molecule has 0 aromatic carbocycles. The van der Waals surface area contributed by atoms with Crippen LogP contribution in [-0.2, 0) is 4.74 Å². The Labute approximate surface area is 105 Å². The molecule has 0 amide bonds. The van der Waals surface area contributed by atoms with E-state index in [1.165, 1.54) is 25.7 Å². The maximum Gasteiger partial charge on any atom is 0.0672 e. The average Bonchev–Trinajstić information content (AvgIpc) is 2.77. The van der Waals surface area contributed by atoms with Crippen molar-refractivity contribution in [2.45, 2.75) is 70.1 Å². The maximum absolute atomic E-state index is 9.09. The molecule has 4 atom stereocenters. The third-order valence-electron chi connectivity index (χ3n) is 4.11. The summed E-state index contributed by atoms with van der Waals surface area (Å²) in [5.74, 6) is 0.238. The first-order valence-corrected chi connectivity index (χ1v) is 7.10. The maximum atomic E-state index is 9.09. The number of hydrogen-bond donors (Lipinski definition) is 1. The Morgan fingerprint density at radius 3 is 3.00 bits per heavy atom. The largest absolute Gasteiger partial charge is 0.378 e. The van der Waals surface area contributed by atoms with Crippen molar-refractivity contribution >= 4 is 0 Å². The van der Waals surface area contributed by atoms with E-state index in [0.29, 0.717) is 18.2 Å². The van der Waals surface area contributed by atoms with Gasteiger partial charge in [0.15, 0.2) is 0 Å². The molecular formula is C14H24N2O. The van der Waals surface area contributed by atoms with Crippen LogP contribution in [-0.4, -0.2) is 24.8 Å². The van der Waals surface area contributed by atoms with Crippen molar-refractivity contribution in [1.29, 1.82) is 5.26 Å². The van der Waals surface area contributed by atoms with E-state index in [1.807, 2.05) is 0 Å². The fourth-order valence-corrected chi connectivity index (χ4v) is 3.17. The van der Waals surface area contributed by atoms with Gasteiger partial charge in [-0.1, -0.05) is 19.8 Å². The Kier molecular flexibility index (Phi) is 4.82. The molecule has 0 radical (unpaired) electrons. The molecule has 3 heteroatoms. The molecule has 1 saturated heterocycles. The highest BCUT2D eigenvalue weighted by molar-refractivity contribution is 4.98. The first kappa shape index (κ1) is 12.9. The van der Waals surface area contributed by atoms with Gasteiger partial charge in [0, 0.05) is 18.7 Å². The summed E-state index contributed by atoms with van der Waals surface area (Å²) >= 11 is 0. The number of ether oxygens (including phenoxy) is 1. The van der Waals surface area contributed by atoms with E-state index in [9.17, 15) is 0 Å². The molecule has 4 unspecified atom stereocenters. The standard InChI is InChI=1S/C14H24N2O/c1-2-4-13-9-12(7-8-17-13)16-14-6-3-5-11(14)10-15/h11-14,16H,2-9H2,1H3. The topological polar surface area (TPSA) is 45.0 Å². The number of nitriles is 1. The van der Waals surface area contributed by atoms with Crippen LogP contribution in [0.25, 0.3) is 0 Å². The van der Waals surface area contributed by atoms with Gasteiger partial charge in [-0.25, -0.2) is 0 Å². The van der Waals surface area contributed by atoms with Gasteiger partial charge in [-0.2, -0.15) is 5.26 Å². The second kappa shape index (κ2) is 6.37. The minimum absolute atomic E-state index is 0.238. The highest BCUT2D eigenvalue weighted by atomic mass is 16.5. The van der Waals surface area contributed by atoms with E-state index in [1.54, 1.807) is 0 Å². The van der Waals surface area contributed by atoms with Crippen molar-refractivity contribution in [2.75, 3.05) is 6.61 Å². The summed E-state index contributed by atoms with van der Waals surface area (Å²) in [6.45, 7) is 3.09. The fraction of sp³-hybridized carbons (Fsp3) is 0.929. The Hall–Kier alpha value is -0.590. The predicted molar refractivity (Wildman–Crippen MR) is 67.5 cm³/mol.